The molecule has 7 heteroatoms. The molecule has 21 heavy (non-hydrogen) atoms. The van der Waals surface area contributed by atoms with E-state index in [2.05, 4.69) is 10.3 Å². The minimum absolute atomic E-state index is 0.0455. The van der Waals surface area contributed by atoms with Crippen LogP contribution < -0.4 is 14.8 Å². The van der Waals surface area contributed by atoms with Gasteiger partial charge in [-0.2, -0.15) is 0 Å². The average Bonchev–Trinajstić information content (AvgIpc) is 3.09. The van der Waals surface area contributed by atoms with E-state index in [1.165, 1.54) is 0 Å². The molecule has 110 valence electrons. The molecule has 3 rings (SSSR count). The molecule has 0 saturated carbocycles. The molecule has 1 aliphatic rings. The number of nitrogens with zero attached hydrogens (tertiary/aromatic N) is 2. The summed E-state index contributed by atoms with van der Waals surface area (Å²) in [7, 11) is 0. The van der Waals surface area contributed by atoms with Crippen LogP contribution >= 0.6 is 11.6 Å². The van der Waals surface area contributed by atoms with Gasteiger partial charge in [0.15, 0.2) is 11.5 Å². The van der Waals surface area contributed by atoms with Gasteiger partial charge in [0.1, 0.15) is 0 Å². The second-order valence-electron chi connectivity index (χ2n) is 4.83. The third-order valence-electron chi connectivity index (χ3n) is 3.11. The molecule has 1 atom stereocenters. The van der Waals surface area contributed by atoms with Crippen molar-refractivity contribution in [2.75, 3.05) is 6.79 Å². The lowest BCUT2D eigenvalue weighted by atomic mass is 10.1. The molecule has 0 bridgehead atoms. The number of aromatic nitrogens is 2. The zero-order chi connectivity index (χ0) is 14.8. The number of rotatable bonds is 4. The lowest BCUT2D eigenvalue weighted by Gasteiger charge is -2.14. The van der Waals surface area contributed by atoms with Gasteiger partial charge in [0.05, 0.1) is 11.3 Å². The van der Waals surface area contributed by atoms with Crippen LogP contribution in [0.5, 0.6) is 11.5 Å². The number of carbonyl (C=O) groups excluding carboxylic acids is 1. The summed E-state index contributed by atoms with van der Waals surface area (Å²) in [5.74, 6) is 0.775. The Kier molecular flexibility index (Phi) is 3.70. The molecule has 1 aromatic heterocycles. The van der Waals surface area contributed by atoms with E-state index in [1.54, 1.807) is 24.7 Å². The standard InChI is InChI=1S/C14H14ClN3O3/c1-9(6-18-3-2-16-7-18)17-14(19)10-4-11(15)13-12(5-10)20-8-21-13/h2-5,7,9H,6,8H2,1H3,(H,17,19)/t9-/m0/s1. The van der Waals surface area contributed by atoms with Crippen molar-refractivity contribution in [3.63, 3.8) is 0 Å². The Bertz CT molecular complexity index is 658. The number of benzene rings is 1. The molecule has 2 aromatic rings. The summed E-state index contributed by atoms with van der Waals surface area (Å²) >= 11 is 6.07. The first-order valence-corrected chi connectivity index (χ1v) is 6.87. The third-order valence-corrected chi connectivity index (χ3v) is 3.39. The first kappa shape index (κ1) is 13.8. The summed E-state index contributed by atoms with van der Waals surface area (Å²) in [6.45, 7) is 2.69. The van der Waals surface area contributed by atoms with Gasteiger partial charge >= 0.3 is 0 Å². The first-order valence-electron chi connectivity index (χ1n) is 6.49. The van der Waals surface area contributed by atoms with Crippen LogP contribution in [-0.4, -0.2) is 28.3 Å². The summed E-state index contributed by atoms with van der Waals surface area (Å²) < 4.78 is 12.4. The average molecular weight is 308 g/mol. The van der Waals surface area contributed by atoms with E-state index in [0.717, 1.165) is 0 Å². The van der Waals surface area contributed by atoms with E-state index in [0.29, 0.717) is 28.6 Å². The largest absolute Gasteiger partial charge is 0.454 e. The number of halogens is 1. The van der Waals surface area contributed by atoms with Gasteiger partial charge in [0.2, 0.25) is 6.79 Å². The molecule has 0 unspecified atom stereocenters. The van der Waals surface area contributed by atoms with Crippen LogP contribution in [0.4, 0.5) is 0 Å². The summed E-state index contributed by atoms with van der Waals surface area (Å²) in [5.41, 5.74) is 0.446. The molecule has 0 fully saturated rings. The lowest BCUT2D eigenvalue weighted by molar-refractivity contribution is 0.0936. The molecule has 6 nitrogen and oxygen atoms in total. The maximum atomic E-state index is 12.2. The number of ether oxygens (including phenoxy) is 2. The molecular formula is C14H14ClN3O3. The highest BCUT2D eigenvalue weighted by Gasteiger charge is 2.21. The van der Waals surface area contributed by atoms with E-state index >= 15 is 0 Å². The first-order chi connectivity index (χ1) is 10.1. The number of amides is 1. The molecule has 1 aromatic carbocycles. The summed E-state index contributed by atoms with van der Waals surface area (Å²) in [5, 5.41) is 3.28. The van der Waals surface area contributed by atoms with E-state index in [-0.39, 0.29) is 18.7 Å². The highest BCUT2D eigenvalue weighted by atomic mass is 35.5. The molecule has 1 aliphatic heterocycles. The fourth-order valence-corrected chi connectivity index (χ4v) is 2.43. The van der Waals surface area contributed by atoms with Crippen molar-refractivity contribution in [2.24, 2.45) is 0 Å². The highest BCUT2D eigenvalue weighted by molar-refractivity contribution is 6.32. The van der Waals surface area contributed by atoms with Gasteiger partial charge in [0.25, 0.3) is 5.91 Å². The second-order valence-corrected chi connectivity index (χ2v) is 5.23. The highest BCUT2D eigenvalue weighted by Crippen LogP contribution is 2.39. The SMILES string of the molecule is C[C@@H](Cn1ccnc1)NC(=O)c1cc(Cl)c2c(c1)OCO2. The van der Waals surface area contributed by atoms with Crippen molar-refractivity contribution < 1.29 is 14.3 Å². The molecule has 2 heterocycles. The van der Waals surface area contributed by atoms with Crippen molar-refractivity contribution in [3.8, 4) is 11.5 Å². The van der Waals surface area contributed by atoms with Gasteiger partial charge in [-0.25, -0.2) is 4.98 Å². The van der Waals surface area contributed by atoms with Crippen LogP contribution in [0.3, 0.4) is 0 Å². The van der Waals surface area contributed by atoms with E-state index < -0.39 is 0 Å². The third kappa shape index (κ3) is 2.95. The topological polar surface area (TPSA) is 65.4 Å². The Balaban J connectivity index is 1.69. The minimum atomic E-state index is -0.206. The van der Waals surface area contributed by atoms with Gasteiger partial charge < -0.3 is 19.4 Å². The Morgan fingerprint density at radius 1 is 1.52 bits per heavy atom. The number of fused-ring (bicyclic) bond motifs is 1. The Morgan fingerprint density at radius 3 is 3.14 bits per heavy atom. The monoisotopic (exact) mass is 307 g/mol. The van der Waals surface area contributed by atoms with Gasteiger partial charge in [-0.15, -0.1) is 0 Å². The smallest absolute Gasteiger partial charge is 0.251 e. The Labute approximate surface area is 126 Å². The van der Waals surface area contributed by atoms with Crippen LogP contribution in [0.25, 0.3) is 0 Å². The predicted molar refractivity (Wildman–Crippen MR) is 76.7 cm³/mol. The number of hydrogen-bond donors (Lipinski definition) is 1. The maximum Gasteiger partial charge on any atom is 0.251 e. The zero-order valence-electron chi connectivity index (χ0n) is 11.4. The molecular weight excluding hydrogens is 294 g/mol. The van der Waals surface area contributed by atoms with Crippen LogP contribution in [0.1, 0.15) is 17.3 Å². The zero-order valence-corrected chi connectivity index (χ0v) is 12.1. The van der Waals surface area contributed by atoms with Gasteiger partial charge in [-0.1, -0.05) is 11.6 Å². The second kappa shape index (κ2) is 5.65. The maximum absolute atomic E-state index is 12.2. The molecule has 0 aliphatic carbocycles. The van der Waals surface area contributed by atoms with E-state index in [1.807, 2.05) is 17.7 Å². The van der Waals surface area contributed by atoms with Crippen LogP contribution in [0, 0.1) is 0 Å². The normalized spacial score (nSPS) is 14.0. The van der Waals surface area contributed by atoms with Crippen molar-refractivity contribution >= 4 is 17.5 Å². The number of hydrogen-bond acceptors (Lipinski definition) is 4. The fraction of sp³-hybridized carbons (Fsp3) is 0.286. The quantitative estimate of drug-likeness (QED) is 0.939. The van der Waals surface area contributed by atoms with Crippen molar-refractivity contribution in [1.82, 2.24) is 14.9 Å². The number of nitrogens with one attached hydrogen (secondary N) is 1. The fourth-order valence-electron chi connectivity index (χ4n) is 2.16. The molecule has 0 radical (unpaired) electrons. The van der Waals surface area contributed by atoms with Crippen LogP contribution in [0.2, 0.25) is 5.02 Å². The van der Waals surface area contributed by atoms with Gasteiger partial charge in [0, 0.05) is 30.5 Å². The van der Waals surface area contributed by atoms with Crippen molar-refractivity contribution in [3.05, 3.63) is 41.4 Å². The molecule has 1 N–H and O–H groups in total. The summed E-state index contributed by atoms with van der Waals surface area (Å²) in [6, 6.07) is 3.16. The number of imidazole rings is 1. The lowest BCUT2D eigenvalue weighted by Crippen LogP contribution is -2.35. The summed E-state index contributed by atoms with van der Waals surface area (Å²) in [4.78, 5) is 16.2. The molecule has 0 saturated heterocycles. The van der Waals surface area contributed by atoms with Crippen LogP contribution in [0.15, 0.2) is 30.9 Å². The Hall–Kier alpha value is -2.21. The summed E-state index contributed by atoms with van der Waals surface area (Å²) in [6.07, 6.45) is 5.26. The van der Waals surface area contributed by atoms with Crippen LogP contribution in [-0.2, 0) is 6.54 Å². The van der Waals surface area contributed by atoms with E-state index in [4.69, 9.17) is 21.1 Å². The Morgan fingerprint density at radius 2 is 2.38 bits per heavy atom. The molecule has 0 spiro atoms. The van der Waals surface area contributed by atoms with Gasteiger partial charge in [-0.3, -0.25) is 4.79 Å². The van der Waals surface area contributed by atoms with Crippen molar-refractivity contribution in [1.29, 1.82) is 0 Å². The minimum Gasteiger partial charge on any atom is -0.454 e. The molecule has 1 amide bonds. The van der Waals surface area contributed by atoms with Crippen molar-refractivity contribution in [2.45, 2.75) is 19.5 Å². The number of carbonyl (C=O) groups is 1. The van der Waals surface area contributed by atoms with Gasteiger partial charge in [-0.05, 0) is 19.1 Å². The van der Waals surface area contributed by atoms with E-state index in [9.17, 15) is 4.79 Å². The predicted octanol–water partition coefficient (Wildman–Crippen LogP) is 2.08.